The average molecular weight is 541 g/mol. The van der Waals surface area contributed by atoms with E-state index in [2.05, 4.69) is 5.32 Å². The van der Waals surface area contributed by atoms with Crippen molar-refractivity contribution in [2.24, 2.45) is 0 Å². The van der Waals surface area contributed by atoms with Crippen LogP contribution in [0.3, 0.4) is 0 Å². The van der Waals surface area contributed by atoms with Gasteiger partial charge in [-0.3, -0.25) is 13.9 Å². The van der Waals surface area contributed by atoms with Gasteiger partial charge in [-0.25, -0.2) is 12.8 Å². The molecule has 3 aromatic carbocycles. The number of amides is 1. The predicted octanol–water partition coefficient (Wildman–Crippen LogP) is 4.26. The lowest BCUT2D eigenvalue weighted by Crippen LogP contribution is -2.26. The van der Waals surface area contributed by atoms with Crippen molar-refractivity contribution < 1.29 is 36.3 Å². The van der Waals surface area contributed by atoms with Crippen molar-refractivity contribution in [3.63, 3.8) is 0 Å². The highest BCUT2D eigenvalue weighted by molar-refractivity contribution is 7.92. The number of sulfonamides is 1. The molecule has 1 amide bonds. The van der Waals surface area contributed by atoms with Gasteiger partial charge in [0, 0.05) is 36.7 Å². The topological polar surface area (TPSA) is 115 Å². The van der Waals surface area contributed by atoms with Crippen molar-refractivity contribution >= 4 is 38.4 Å². The molecule has 1 heterocycles. The summed E-state index contributed by atoms with van der Waals surface area (Å²) in [6.07, 6.45) is 1.02. The lowest BCUT2D eigenvalue weighted by molar-refractivity contribution is 0.0920. The summed E-state index contributed by atoms with van der Waals surface area (Å²) in [6.45, 7) is -0.402. The van der Waals surface area contributed by atoms with Gasteiger partial charge < -0.3 is 19.2 Å². The lowest BCUT2D eigenvalue weighted by Gasteiger charge is -2.20. The standard InChI is InChI=1S/C27H25FN2O7S/c1-29-27(32)25-20-13-24(36-15-22(31)16-7-11-19(35-3)12-8-16)21(30(2)38(4,33)34)14-23(20)37-26(25)17-5-9-18(28)10-6-17/h5-14H,15H2,1-4H3,(H,29,32). The maximum Gasteiger partial charge on any atom is 0.255 e. The fourth-order valence-electron chi connectivity index (χ4n) is 3.81. The number of fused-ring (bicyclic) bond motifs is 1. The van der Waals surface area contributed by atoms with Gasteiger partial charge in [0.2, 0.25) is 10.0 Å². The predicted molar refractivity (Wildman–Crippen MR) is 141 cm³/mol. The summed E-state index contributed by atoms with van der Waals surface area (Å²) < 4.78 is 56.2. The molecule has 0 saturated carbocycles. The Labute approximate surface area is 218 Å². The molecule has 0 aliphatic rings. The maximum atomic E-state index is 13.5. The van der Waals surface area contributed by atoms with Gasteiger partial charge in [-0.15, -0.1) is 0 Å². The van der Waals surface area contributed by atoms with Crippen molar-refractivity contribution in [1.82, 2.24) is 5.32 Å². The maximum absolute atomic E-state index is 13.5. The number of carbonyl (C=O) groups excluding carboxylic acids is 2. The van der Waals surface area contributed by atoms with Gasteiger partial charge in [-0.2, -0.15) is 0 Å². The van der Waals surface area contributed by atoms with E-state index in [0.29, 0.717) is 22.3 Å². The van der Waals surface area contributed by atoms with E-state index in [1.165, 1.54) is 57.6 Å². The van der Waals surface area contributed by atoms with Crippen LogP contribution in [0.25, 0.3) is 22.3 Å². The van der Waals surface area contributed by atoms with Crippen LogP contribution < -0.4 is 19.1 Å². The second-order valence-electron chi connectivity index (χ2n) is 8.38. The number of furan rings is 1. The lowest BCUT2D eigenvalue weighted by atomic mass is 10.0. The van der Waals surface area contributed by atoms with E-state index >= 15 is 0 Å². The molecule has 0 saturated heterocycles. The number of hydrogen-bond acceptors (Lipinski definition) is 7. The highest BCUT2D eigenvalue weighted by Crippen LogP contribution is 2.40. The minimum Gasteiger partial charge on any atom is -0.497 e. The Hall–Kier alpha value is -4.38. The van der Waals surface area contributed by atoms with E-state index in [-0.39, 0.29) is 34.1 Å². The molecular weight excluding hydrogens is 515 g/mol. The van der Waals surface area contributed by atoms with Crippen molar-refractivity contribution in [3.8, 4) is 22.8 Å². The molecule has 0 aliphatic carbocycles. The number of methoxy groups -OCH3 is 1. The second-order valence-corrected chi connectivity index (χ2v) is 10.4. The van der Waals surface area contributed by atoms with Crippen LogP contribution in [0.2, 0.25) is 0 Å². The quantitative estimate of drug-likeness (QED) is 0.315. The summed E-state index contributed by atoms with van der Waals surface area (Å²) >= 11 is 0. The number of nitrogens with one attached hydrogen (secondary N) is 1. The molecule has 0 aliphatic heterocycles. The van der Waals surface area contributed by atoms with Gasteiger partial charge in [0.1, 0.15) is 28.7 Å². The van der Waals surface area contributed by atoms with E-state index in [9.17, 15) is 22.4 Å². The number of halogens is 1. The van der Waals surface area contributed by atoms with Crippen LogP contribution in [-0.2, 0) is 10.0 Å². The number of nitrogens with zero attached hydrogens (tertiary/aromatic N) is 1. The fraction of sp³-hybridized carbons (Fsp3) is 0.185. The molecule has 0 spiro atoms. The van der Waals surface area contributed by atoms with Gasteiger partial charge in [-0.1, -0.05) is 0 Å². The van der Waals surface area contributed by atoms with Crippen molar-refractivity contribution in [1.29, 1.82) is 0 Å². The molecule has 4 rings (SSSR count). The Morgan fingerprint density at radius 1 is 1.05 bits per heavy atom. The van der Waals surface area contributed by atoms with Crippen molar-refractivity contribution in [3.05, 3.63) is 77.6 Å². The number of ether oxygens (including phenoxy) is 2. The summed E-state index contributed by atoms with van der Waals surface area (Å²) in [4.78, 5) is 25.7. The number of rotatable bonds is 9. The van der Waals surface area contributed by atoms with E-state index < -0.39 is 28.4 Å². The Morgan fingerprint density at radius 3 is 2.29 bits per heavy atom. The summed E-state index contributed by atoms with van der Waals surface area (Å²) in [6, 6.07) is 14.7. The highest BCUT2D eigenvalue weighted by Gasteiger charge is 2.26. The normalized spacial score (nSPS) is 11.3. The minimum absolute atomic E-state index is 0.0453. The zero-order valence-corrected chi connectivity index (χ0v) is 21.9. The molecule has 9 nitrogen and oxygen atoms in total. The number of hydrogen-bond donors (Lipinski definition) is 1. The smallest absolute Gasteiger partial charge is 0.255 e. The summed E-state index contributed by atoms with van der Waals surface area (Å²) in [5.74, 6) is -0.495. The van der Waals surface area contributed by atoms with Crippen LogP contribution in [0, 0.1) is 5.82 Å². The first-order chi connectivity index (χ1) is 18.0. The van der Waals surface area contributed by atoms with Crippen molar-refractivity contribution in [2.45, 2.75) is 0 Å². The van der Waals surface area contributed by atoms with Crippen LogP contribution >= 0.6 is 0 Å². The van der Waals surface area contributed by atoms with E-state index in [4.69, 9.17) is 13.9 Å². The number of anilines is 1. The number of benzene rings is 3. The van der Waals surface area contributed by atoms with E-state index in [1.807, 2.05) is 0 Å². The largest absolute Gasteiger partial charge is 0.497 e. The van der Waals surface area contributed by atoms with E-state index in [0.717, 1.165) is 10.6 Å². The Kier molecular flexibility index (Phi) is 7.40. The third-order valence-electron chi connectivity index (χ3n) is 5.94. The Morgan fingerprint density at radius 2 is 1.71 bits per heavy atom. The molecule has 0 bridgehead atoms. The third kappa shape index (κ3) is 5.32. The molecular formula is C27H25FN2O7S. The van der Waals surface area contributed by atoms with Crippen LogP contribution in [-0.4, -0.2) is 54.2 Å². The molecule has 0 radical (unpaired) electrons. The molecule has 1 aromatic heterocycles. The fourth-order valence-corrected chi connectivity index (χ4v) is 4.31. The minimum atomic E-state index is -3.73. The van der Waals surface area contributed by atoms with Gasteiger partial charge in [-0.05, 0) is 54.6 Å². The van der Waals surface area contributed by atoms with Crippen molar-refractivity contribution in [2.75, 3.05) is 38.4 Å². The SMILES string of the molecule is CNC(=O)c1c(-c2ccc(F)cc2)oc2cc(N(C)S(C)(=O)=O)c(OCC(=O)c3ccc(OC)cc3)cc12. The number of ketones is 1. The molecule has 0 unspecified atom stereocenters. The van der Waals surface area contributed by atoms with Crippen LogP contribution in [0.5, 0.6) is 11.5 Å². The molecule has 0 fully saturated rings. The Balaban J connectivity index is 1.83. The second kappa shape index (κ2) is 10.5. The van der Waals surface area contributed by atoms with E-state index in [1.54, 1.807) is 24.3 Å². The monoisotopic (exact) mass is 540 g/mol. The summed E-state index contributed by atoms with van der Waals surface area (Å²) in [7, 11) is 0.562. The first kappa shape index (κ1) is 26.7. The molecule has 11 heteroatoms. The van der Waals surface area contributed by atoms with Crippen LogP contribution in [0.4, 0.5) is 10.1 Å². The van der Waals surface area contributed by atoms with Crippen LogP contribution in [0.15, 0.2) is 65.1 Å². The summed E-state index contributed by atoms with van der Waals surface area (Å²) in [5, 5.41) is 2.88. The average Bonchev–Trinajstić information content (AvgIpc) is 3.28. The van der Waals surface area contributed by atoms with Gasteiger partial charge in [0.05, 0.1) is 24.6 Å². The Bertz CT molecular complexity index is 1610. The molecule has 1 N–H and O–H groups in total. The van der Waals surface area contributed by atoms with Crippen LogP contribution in [0.1, 0.15) is 20.7 Å². The van der Waals surface area contributed by atoms with Gasteiger partial charge in [0.25, 0.3) is 5.91 Å². The summed E-state index contributed by atoms with van der Waals surface area (Å²) in [5.41, 5.74) is 1.26. The molecule has 0 atom stereocenters. The van der Waals surface area contributed by atoms with Gasteiger partial charge in [0.15, 0.2) is 12.4 Å². The first-order valence-electron chi connectivity index (χ1n) is 11.4. The molecule has 4 aromatic rings. The van der Waals surface area contributed by atoms with Gasteiger partial charge >= 0.3 is 0 Å². The zero-order valence-electron chi connectivity index (χ0n) is 21.1. The number of Topliss-reactive ketones (excluding diaryl/α,β-unsaturated/α-hetero) is 1. The third-order valence-corrected chi connectivity index (χ3v) is 7.13. The highest BCUT2D eigenvalue weighted by atomic mass is 32.2. The number of carbonyl (C=O) groups is 2. The first-order valence-corrected chi connectivity index (χ1v) is 13.2. The molecule has 198 valence electrons. The zero-order chi connectivity index (χ0) is 27.6. The molecule has 38 heavy (non-hydrogen) atoms.